The van der Waals surface area contributed by atoms with Crippen LogP contribution < -0.4 is 29.6 Å². The van der Waals surface area contributed by atoms with E-state index in [9.17, 15) is 10.2 Å². The number of phenolic OH excluding ortho intramolecular Hbond substituents is 2. The van der Waals surface area contributed by atoms with Gasteiger partial charge in [-0.25, -0.2) is 9.13 Å². The summed E-state index contributed by atoms with van der Waals surface area (Å²) in [4.78, 5) is 43.1. The van der Waals surface area contributed by atoms with Gasteiger partial charge in [-0.1, -0.05) is 24.3 Å². The first-order chi connectivity index (χ1) is 10.2. The van der Waals surface area contributed by atoms with E-state index < -0.39 is 15.6 Å². The van der Waals surface area contributed by atoms with Gasteiger partial charge in [-0.15, -0.1) is 0 Å². The van der Waals surface area contributed by atoms with Gasteiger partial charge in [0, 0.05) is 10.8 Å². The molecular formula is C11H17NaO10P2. The molecule has 0 fully saturated rings. The summed E-state index contributed by atoms with van der Waals surface area (Å²) in [5, 5.41) is 20.6. The molecule has 2 rings (SSSR count). The molecule has 0 unspecified atom stereocenters. The minimum absolute atomic E-state index is 0. The van der Waals surface area contributed by atoms with Crippen LogP contribution in [0.3, 0.4) is 0 Å². The molecule has 0 saturated heterocycles. The van der Waals surface area contributed by atoms with Crippen molar-refractivity contribution in [2.75, 3.05) is 0 Å². The van der Waals surface area contributed by atoms with Gasteiger partial charge in [0.2, 0.25) is 0 Å². The van der Waals surface area contributed by atoms with E-state index >= 15 is 0 Å². The number of hydrogen-bond donors (Lipinski definition) is 8. The Morgan fingerprint density at radius 3 is 1.54 bits per heavy atom. The van der Waals surface area contributed by atoms with Crippen molar-refractivity contribution >= 4 is 26.4 Å². The van der Waals surface area contributed by atoms with Crippen LogP contribution in [0.25, 0.3) is 10.8 Å². The summed E-state index contributed by atoms with van der Waals surface area (Å²) in [5.41, 5.74) is 0.691. The van der Waals surface area contributed by atoms with Gasteiger partial charge < -0.3 is 41.0 Å². The Morgan fingerprint density at radius 2 is 1.17 bits per heavy atom. The van der Waals surface area contributed by atoms with E-state index in [1.807, 2.05) is 12.1 Å². The molecule has 0 aliphatic heterocycles. The summed E-state index contributed by atoms with van der Waals surface area (Å²) in [5.74, 6) is 0.458. The second-order valence-corrected chi connectivity index (χ2v) is 6.19. The van der Waals surface area contributed by atoms with Crippen LogP contribution in [-0.4, -0.2) is 39.6 Å². The molecule has 0 aliphatic rings. The van der Waals surface area contributed by atoms with Gasteiger partial charge in [0.25, 0.3) is 0 Å². The quantitative estimate of drug-likeness (QED) is 0.138. The smallest absolute Gasteiger partial charge is 1.00 e. The Morgan fingerprint density at radius 1 is 0.833 bits per heavy atom. The number of fused-ring (bicyclic) bond motifs is 1. The largest absolute Gasteiger partial charge is 1.00 e. The number of aromatic hydroxyl groups is 2. The Hall–Kier alpha value is -0.480. The van der Waals surface area contributed by atoms with E-state index in [-0.39, 0.29) is 42.5 Å². The first-order valence-electron chi connectivity index (χ1n) is 5.67. The predicted octanol–water partition coefficient (Wildman–Crippen LogP) is -2.18. The molecule has 132 valence electrons. The van der Waals surface area contributed by atoms with Gasteiger partial charge in [0.15, 0.2) is 0 Å². The molecule has 2 aromatic carbocycles. The fraction of sp³-hybridized carbons (Fsp3) is 0.0909. The second kappa shape index (κ2) is 10.5. The van der Waals surface area contributed by atoms with Crippen LogP contribution in [-0.2, 0) is 9.13 Å². The molecule has 0 aliphatic carbocycles. The van der Waals surface area contributed by atoms with Gasteiger partial charge in [-0.05, 0) is 18.6 Å². The van der Waals surface area contributed by atoms with Crippen molar-refractivity contribution in [3.05, 3.63) is 35.9 Å². The molecule has 0 heterocycles. The van der Waals surface area contributed by atoms with Crippen molar-refractivity contribution in [3.63, 3.8) is 0 Å². The van der Waals surface area contributed by atoms with E-state index in [2.05, 4.69) is 0 Å². The van der Waals surface area contributed by atoms with E-state index in [4.69, 9.17) is 38.5 Å². The third-order valence-corrected chi connectivity index (χ3v) is 2.18. The van der Waals surface area contributed by atoms with Crippen LogP contribution in [0.4, 0.5) is 0 Å². The Labute approximate surface area is 160 Å². The number of phosphoric acid groups is 2. The van der Waals surface area contributed by atoms with Gasteiger partial charge in [0.05, 0.1) is 0 Å². The minimum atomic E-state index is -4.64. The molecule has 24 heavy (non-hydrogen) atoms. The summed E-state index contributed by atoms with van der Waals surface area (Å²) in [7, 11) is -9.28. The number of aryl methyl sites for hydroxylation is 1. The molecule has 0 bridgehead atoms. The van der Waals surface area contributed by atoms with E-state index in [1.165, 1.54) is 0 Å². The molecular weight excluding hydrogens is 377 g/mol. The van der Waals surface area contributed by atoms with Crippen molar-refractivity contribution in [3.8, 4) is 11.5 Å². The van der Waals surface area contributed by atoms with Crippen LogP contribution in [0.5, 0.6) is 11.5 Å². The van der Waals surface area contributed by atoms with E-state index in [0.717, 1.165) is 0 Å². The maximum atomic E-state index is 9.67. The SMILES string of the molecule is Cc1cc(O)c2ccccc2c1O.O=P(O)(O)O.O=P(O)(O)O.[H-].[Na+]. The molecule has 0 atom stereocenters. The van der Waals surface area contributed by atoms with E-state index in [1.54, 1.807) is 25.1 Å². The summed E-state index contributed by atoms with van der Waals surface area (Å²) in [6.45, 7) is 1.77. The van der Waals surface area contributed by atoms with Crippen LogP contribution >= 0.6 is 15.6 Å². The standard InChI is InChI=1S/C11H10O2.Na.2H3O4P.H/c1-7-6-10(12)8-4-2-3-5-9(8)11(7)13;;2*1-5(2,3)4;/h2-6,12-13H,1H3;;2*(H3,1,2,3,4);/q;+1;;;-1. The van der Waals surface area contributed by atoms with Crippen molar-refractivity contribution in [1.29, 1.82) is 0 Å². The number of benzene rings is 2. The zero-order valence-corrected chi connectivity index (χ0v) is 16.5. The summed E-state index contributed by atoms with van der Waals surface area (Å²) in [6.07, 6.45) is 0. The summed E-state index contributed by atoms with van der Waals surface area (Å²) in [6, 6.07) is 8.80. The number of hydrogen-bond acceptors (Lipinski definition) is 4. The van der Waals surface area contributed by atoms with Crippen LogP contribution in [0.1, 0.15) is 6.99 Å². The van der Waals surface area contributed by atoms with Gasteiger partial charge in [-0.3, -0.25) is 0 Å². The molecule has 13 heteroatoms. The molecule has 0 saturated carbocycles. The molecule has 0 radical (unpaired) electrons. The van der Waals surface area contributed by atoms with Gasteiger partial charge in [0.1, 0.15) is 11.5 Å². The van der Waals surface area contributed by atoms with Crippen molar-refractivity contribution < 1.29 is 79.7 Å². The second-order valence-electron chi connectivity index (χ2n) is 4.13. The maximum absolute atomic E-state index is 9.67. The molecule has 8 N–H and O–H groups in total. The van der Waals surface area contributed by atoms with Crippen LogP contribution in [0.15, 0.2) is 30.3 Å². The van der Waals surface area contributed by atoms with Gasteiger partial charge >= 0.3 is 45.2 Å². The summed E-state index contributed by atoms with van der Waals surface area (Å²) < 4.78 is 17.8. The normalized spacial score (nSPS) is 10.6. The monoisotopic (exact) mass is 394 g/mol. The minimum Gasteiger partial charge on any atom is -1.00 e. The molecule has 0 amide bonds. The van der Waals surface area contributed by atoms with E-state index in [0.29, 0.717) is 16.3 Å². The average molecular weight is 394 g/mol. The molecule has 0 spiro atoms. The molecule has 10 nitrogen and oxygen atoms in total. The average Bonchev–Trinajstić information content (AvgIpc) is 2.32. The fourth-order valence-corrected chi connectivity index (χ4v) is 1.48. The Kier molecular flexibility index (Phi) is 11.3. The topological polar surface area (TPSA) is 196 Å². The van der Waals surface area contributed by atoms with Gasteiger partial charge in [-0.2, -0.15) is 0 Å². The first kappa shape index (κ1) is 25.8. The maximum Gasteiger partial charge on any atom is 1.00 e. The fourth-order valence-electron chi connectivity index (χ4n) is 1.48. The van der Waals surface area contributed by atoms with Crippen molar-refractivity contribution in [2.45, 2.75) is 6.92 Å². The molecule has 0 aromatic heterocycles. The molecule has 2 aromatic rings. The third-order valence-electron chi connectivity index (χ3n) is 2.18. The zero-order chi connectivity index (χ0) is 18.4. The number of phenols is 2. The Bertz CT molecular complexity index is 723. The van der Waals surface area contributed by atoms with Crippen molar-refractivity contribution in [2.24, 2.45) is 0 Å². The first-order valence-corrected chi connectivity index (χ1v) is 8.80. The van der Waals surface area contributed by atoms with Crippen molar-refractivity contribution in [1.82, 2.24) is 0 Å². The summed E-state index contributed by atoms with van der Waals surface area (Å²) >= 11 is 0. The predicted molar refractivity (Wildman–Crippen MR) is 81.7 cm³/mol. The van der Waals surface area contributed by atoms with Crippen LogP contribution in [0, 0.1) is 6.92 Å². The zero-order valence-electron chi connectivity index (χ0n) is 13.7. The Balaban J connectivity index is -0.000000345. The number of rotatable bonds is 0. The third kappa shape index (κ3) is 12.9. The van der Waals surface area contributed by atoms with Crippen LogP contribution in [0.2, 0.25) is 0 Å².